The van der Waals surface area contributed by atoms with E-state index in [4.69, 9.17) is 16.6 Å². The second-order valence-corrected chi connectivity index (χ2v) is 9.84. The fourth-order valence-corrected chi connectivity index (χ4v) is 5.28. The molecule has 5 rings (SSSR count). The van der Waals surface area contributed by atoms with Gasteiger partial charge in [0.05, 0.1) is 22.2 Å². The number of pyridine rings is 2. The molecule has 2 aliphatic rings. The molecular formula is C25H24ClF3N6O2. The van der Waals surface area contributed by atoms with Gasteiger partial charge in [-0.3, -0.25) is 4.79 Å². The Morgan fingerprint density at radius 3 is 2.70 bits per heavy atom. The zero-order chi connectivity index (χ0) is 26.4. The van der Waals surface area contributed by atoms with Crippen molar-refractivity contribution in [1.29, 1.82) is 0 Å². The number of nitrogens with zero attached hydrogens (tertiary/aromatic N) is 5. The van der Waals surface area contributed by atoms with Crippen molar-refractivity contribution < 1.29 is 22.7 Å². The Bertz CT molecular complexity index is 1340. The molecule has 0 saturated carbocycles. The number of halogens is 4. The van der Waals surface area contributed by atoms with Crippen molar-refractivity contribution in [3.8, 4) is 17.3 Å². The third-order valence-electron chi connectivity index (χ3n) is 6.94. The van der Waals surface area contributed by atoms with E-state index in [1.54, 1.807) is 30.3 Å². The van der Waals surface area contributed by atoms with Gasteiger partial charge in [-0.05, 0) is 56.4 Å². The lowest BCUT2D eigenvalue weighted by atomic mass is 9.86. The van der Waals surface area contributed by atoms with E-state index in [9.17, 15) is 18.0 Å². The van der Waals surface area contributed by atoms with Crippen LogP contribution in [0.4, 0.5) is 19.0 Å². The zero-order valence-electron chi connectivity index (χ0n) is 20.1. The Morgan fingerprint density at radius 2 is 1.97 bits per heavy atom. The molecular weight excluding hydrogens is 509 g/mol. The van der Waals surface area contributed by atoms with Gasteiger partial charge in [-0.25, -0.2) is 19.9 Å². The summed E-state index contributed by atoms with van der Waals surface area (Å²) in [5.74, 6) is -0.239. The average Bonchev–Trinajstić information content (AvgIpc) is 3.26. The zero-order valence-corrected chi connectivity index (χ0v) is 20.9. The Morgan fingerprint density at radius 1 is 1.22 bits per heavy atom. The standard InChI is InChI=1S/C25H24ClF3N6O2/c1-14(17-11-20(32-12-19(17)26)37-25(27,28)29)23(36)35-9-6-24(13-35)5-4-16-10-18(15(2)33-21(16)34-24)22-30-7-3-8-31-22/h3,7-8,10-12,14H,4-6,9,13H2,1-2H3,(H,33,34)/t14-,24+/m1/s1. The summed E-state index contributed by atoms with van der Waals surface area (Å²) in [6.45, 7) is 4.49. The van der Waals surface area contributed by atoms with Gasteiger partial charge in [0.1, 0.15) is 5.82 Å². The van der Waals surface area contributed by atoms with E-state index in [0.29, 0.717) is 18.9 Å². The predicted molar refractivity (Wildman–Crippen MR) is 130 cm³/mol. The molecule has 0 unspecified atom stereocenters. The van der Waals surface area contributed by atoms with Gasteiger partial charge >= 0.3 is 6.36 Å². The van der Waals surface area contributed by atoms with Crippen LogP contribution in [0.5, 0.6) is 5.88 Å². The van der Waals surface area contributed by atoms with E-state index in [1.165, 1.54) is 0 Å². The number of carbonyl (C=O) groups excluding carboxylic acids is 1. The van der Waals surface area contributed by atoms with Crippen molar-refractivity contribution in [2.24, 2.45) is 0 Å². The van der Waals surface area contributed by atoms with Crippen LogP contribution in [0.1, 0.15) is 42.5 Å². The minimum absolute atomic E-state index is 0.104. The number of fused-ring (bicyclic) bond motifs is 1. The largest absolute Gasteiger partial charge is 0.574 e. The molecule has 5 heterocycles. The summed E-state index contributed by atoms with van der Waals surface area (Å²) >= 11 is 6.18. The summed E-state index contributed by atoms with van der Waals surface area (Å²) in [5.41, 5.74) is 2.66. The maximum absolute atomic E-state index is 13.3. The van der Waals surface area contributed by atoms with Crippen LogP contribution in [-0.2, 0) is 11.2 Å². The fourth-order valence-electron chi connectivity index (χ4n) is 5.01. The third kappa shape index (κ3) is 5.18. The molecule has 1 spiro atoms. The first-order valence-electron chi connectivity index (χ1n) is 11.8. The number of likely N-dealkylation sites (tertiary alicyclic amines) is 1. The molecule has 1 amide bonds. The molecule has 8 nitrogen and oxygen atoms in total. The first kappa shape index (κ1) is 25.2. The lowest BCUT2D eigenvalue weighted by Crippen LogP contribution is -2.46. The summed E-state index contributed by atoms with van der Waals surface area (Å²) in [6.07, 6.45) is 1.87. The fraction of sp³-hybridized carbons (Fsp3) is 0.400. The predicted octanol–water partition coefficient (Wildman–Crippen LogP) is 4.93. The first-order chi connectivity index (χ1) is 17.5. The van der Waals surface area contributed by atoms with Crippen molar-refractivity contribution in [1.82, 2.24) is 24.8 Å². The highest BCUT2D eigenvalue weighted by atomic mass is 35.5. The van der Waals surface area contributed by atoms with Gasteiger partial charge in [0.2, 0.25) is 11.8 Å². The van der Waals surface area contributed by atoms with E-state index in [-0.39, 0.29) is 22.0 Å². The number of anilines is 1. The Labute approximate surface area is 216 Å². The monoisotopic (exact) mass is 532 g/mol. The van der Waals surface area contributed by atoms with Gasteiger partial charge in [-0.15, -0.1) is 13.2 Å². The summed E-state index contributed by atoms with van der Waals surface area (Å²) in [4.78, 5) is 32.1. The van der Waals surface area contributed by atoms with E-state index < -0.39 is 18.2 Å². The maximum atomic E-state index is 13.3. The molecule has 1 N–H and O–H groups in total. The second kappa shape index (κ2) is 9.44. The molecule has 12 heteroatoms. The van der Waals surface area contributed by atoms with Gasteiger partial charge < -0.3 is 15.0 Å². The van der Waals surface area contributed by atoms with Crippen LogP contribution in [0.25, 0.3) is 11.4 Å². The number of carbonyl (C=O) groups is 1. The van der Waals surface area contributed by atoms with Crippen LogP contribution in [0, 0.1) is 6.92 Å². The maximum Gasteiger partial charge on any atom is 0.574 e. The van der Waals surface area contributed by atoms with Crippen LogP contribution in [-0.4, -0.2) is 55.7 Å². The van der Waals surface area contributed by atoms with Gasteiger partial charge in [0.25, 0.3) is 0 Å². The lowest BCUT2D eigenvalue weighted by Gasteiger charge is -2.36. The molecule has 0 bridgehead atoms. The molecule has 0 radical (unpaired) electrons. The first-order valence-corrected chi connectivity index (χ1v) is 12.2. The molecule has 0 aliphatic carbocycles. The van der Waals surface area contributed by atoms with E-state index in [2.05, 4.69) is 31.1 Å². The number of nitrogens with one attached hydrogen (secondary N) is 1. The summed E-state index contributed by atoms with van der Waals surface area (Å²) in [6, 6.07) is 4.90. The molecule has 2 atom stereocenters. The van der Waals surface area contributed by atoms with Crippen molar-refractivity contribution in [2.75, 3.05) is 18.4 Å². The minimum atomic E-state index is -4.89. The highest BCUT2D eigenvalue weighted by Gasteiger charge is 2.43. The van der Waals surface area contributed by atoms with Crippen LogP contribution >= 0.6 is 11.6 Å². The van der Waals surface area contributed by atoms with Crippen molar-refractivity contribution in [3.05, 3.63) is 58.6 Å². The van der Waals surface area contributed by atoms with Crippen molar-refractivity contribution in [2.45, 2.75) is 50.9 Å². The second-order valence-electron chi connectivity index (χ2n) is 9.43. The number of ether oxygens (including phenoxy) is 1. The normalized spacial score (nSPS) is 19.9. The molecule has 194 valence electrons. The Kier molecular flexibility index (Phi) is 6.43. The Balaban J connectivity index is 1.31. The average molecular weight is 533 g/mol. The molecule has 1 fully saturated rings. The highest BCUT2D eigenvalue weighted by molar-refractivity contribution is 6.31. The third-order valence-corrected chi connectivity index (χ3v) is 7.25. The lowest BCUT2D eigenvalue weighted by molar-refractivity contribution is -0.276. The van der Waals surface area contributed by atoms with Crippen LogP contribution < -0.4 is 10.1 Å². The number of hydrogen-bond acceptors (Lipinski definition) is 7. The van der Waals surface area contributed by atoms with Gasteiger partial charge in [0.15, 0.2) is 5.82 Å². The number of aromatic nitrogens is 4. The number of amides is 1. The van der Waals surface area contributed by atoms with Crippen molar-refractivity contribution >= 4 is 23.3 Å². The Hall–Kier alpha value is -3.47. The summed E-state index contributed by atoms with van der Waals surface area (Å²) < 4.78 is 41.8. The SMILES string of the molecule is Cc1nc2c(cc1-c1ncccn1)CC[C@@]1(CCN(C(=O)[C@H](C)c3cc(OC(F)(F)F)ncc3Cl)C1)N2. The van der Waals surface area contributed by atoms with E-state index in [0.717, 1.165) is 54.2 Å². The smallest absolute Gasteiger partial charge is 0.388 e. The quantitative estimate of drug-likeness (QED) is 0.509. The summed E-state index contributed by atoms with van der Waals surface area (Å²) in [7, 11) is 0. The number of aryl methyl sites for hydroxylation is 2. The topological polar surface area (TPSA) is 93.1 Å². The van der Waals surface area contributed by atoms with Gasteiger partial charge in [-0.1, -0.05) is 11.6 Å². The van der Waals surface area contributed by atoms with Gasteiger partial charge in [-0.2, -0.15) is 0 Å². The summed E-state index contributed by atoms with van der Waals surface area (Å²) in [5, 5.41) is 3.68. The molecule has 2 aliphatic heterocycles. The van der Waals surface area contributed by atoms with Crippen molar-refractivity contribution in [3.63, 3.8) is 0 Å². The molecule has 37 heavy (non-hydrogen) atoms. The van der Waals surface area contributed by atoms with Crippen LogP contribution in [0.3, 0.4) is 0 Å². The number of alkyl halides is 3. The highest BCUT2D eigenvalue weighted by Crippen LogP contribution is 2.39. The van der Waals surface area contributed by atoms with Gasteiger partial charge in [0, 0.05) is 43.3 Å². The number of rotatable bonds is 4. The number of hydrogen-bond donors (Lipinski definition) is 1. The van der Waals surface area contributed by atoms with Crippen LogP contribution in [0.15, 0.2) is 36.8 Å². The van der Waals surface area contributed by atoms with Crippen LogP contribution in [0.2, 0.25) is 5.02 Å². The molecule has 3 aromatic heterocycles. The minimum Gasteiger partial charge on any atom is -0.388 e. The van der Waals surface area contributed by atoms with E-state index >= 15 is 0 Å². The molecule has 0 aromatic carbocycles. The molecule has 3 aromatic rings. The molecule has 1 saturated heterocycles. The van der Waals surface area contributed by atoms with E-state index in [1.807, 2.05) is 6.92 Å².